The molecule has 3 aromatic rings. The van der Waals surface area contributed by atoms with Crippen LogP contribution in [0.15, 0.2) is 64.3 Å². The predicted molar refractivity (Wildman–Crippen MR) is 118 cm³/mol. The number of nitro groups is 1. The predicted octanol–water partition coefficient (Wildman–Crippen LogP) is 5.32. The van der Waals surface area contributed by atoms with Gasteiger partial charge in [0.25, 0.3) is 0 Å². The Labute approximate surface area is 186 Å². The first-order valence-electron chi connectivity index (χ1n) is 9.20. The maximum Gasteiger partial charge on any atom is 0.313 e. The number of halogens is 2. The minimum Gasteiger partial charge on any atom is -0.490 e. The second-order valence-electron chi connectivity index (χ2n) is 6.18. The van der Waals surface area contributed by atoms with Gasteiger partial charge in [-0.05, 0) is 64.3 Å². The highest BCUT2D eigenvalue weighted by Crippen LogP contribution is 2.37. The lowest BCUT2D eigenvalue weighted by Gasteiger charge is -2.14. The molecule has 1 heterocycles. The van der Waals surface area contributed by atoms with Gasteiger partial charge in [0.2, 0.25) is 5.82 Å². The molecule has 1 N–H and O–H groups in total. The maximum absolute atomic E-state index is 13.4. The van der Waals surface area contributed by atoms with E-state index in [4.69, 9.17) is 9.47 Å². The molecule has 0 bridgehead atoms. The van der Waals surface area contributed by atoms with Gasteiger partial charge in [-0.2, -0.15) is 5.10 Å². The summed E-state index contributed by atoms with van der Waals surface area (Å²) in [6, 6.07) is 12.4. The number of hydrogen-bond donors (Lipinski definition) is 1. The van der Waals surface area contributed by atoms with E-state index < -0.39 is 4.92 Å². The van der Waals surface area contributed by atoms with Crippen molar-refractivity contribution < 1.29 is 18.8 Å². The third-order valence-corrected chi connectivity index (χ3v) is 4.56. The van der Waals surface area contributed by atoms with Crippen LogP contribution in [-0.2, 0) is 6.61 Å². The van der Waals surface area contributed by atoms with Crippen molar-refractivity contribution in [3.8, 4) is 11.5 Å². The van der Waals surface area contributed by atoms with Gasteiger partial charge in [-0.3, -0.25) is 15.5 Å². The summed E-state index contributed by atoms with van der Waals surface area (Å²) < 4.78 is 25.5. The third kappa shape index (κ3) is 5.98. The lowest BCUT2D eigenvalue weighted by molar-refractivity contribution is -0.384. The van der Waals surface area contributed by atoms with Gasteiger partial charge < -0.3 is 9.47 Å². The zero-order valence-electron chi connectivity index (χ0n) is 16.4. The molecular weight excluding hydrogens is 471 g/mol. The van der Waals surface area contributed by atoms with Crippen molar-refractivity contribution in [2.75, 3.05) is 12.0 Å². The van der Waals surface area contributed by atoms with E-state index in [0.29, 0.717) is 33.7 Å². The first-order valence-corrected chi connectivity index (χ1v) is 9.99. The Kier molecular flexibility index (Phi) is 7.50. The molecular formula is C21H18BrFN4O4. The minimum atomic E-state index is -0.542. The van der Waals surface area contributed by atoms with Crippen molar-refractivity contribution in [1.82, 2.24) is 4.98 Å². The molecule has 8 nitrogen and oxygen atoms in total. The van der Waals surface area contributed by atoms with Crippen LogP contribution in [-0.4, -0.2) is 22.7 Å². The average Bonchev–Trinajstić information content (AvgIpc) is 2.74. The van der Waals surface area contributed by atoms with Crippen LogP contribution in [0.4, 0.5) is 15.9 Å². The van der Waals surface area contributed by atoms with Gasteiger partial charge in [0.05, 0.1) is 22.2 Å². The molecule has 3 rings (SSSR count). The normalized spacial score (nSPS) is 10.8. The van der Waals surface area contributed by atoms with Crippen LogP contribution in [0.25, 0.3) is 0 Å². The van der Waals surface area contributed by atoms with Crippen LogP contribution in [0.5, 0.6) is 11.5 Å². The molecule has 160 valence electrons. The summed E-state index contributed by atoms with van der Waals surface area (Å²) in [5.41, 5.74) is 3.72. The highest BCUT2D eigenvalue weighted by atomic mass is 79.9. The average molecular weight is 489 g/mol. The molecule has 10 heteroatoms. The van der Waals surface area contributed by atoms with E-state index >= 15 is 0 Å². The van der Waals surface area contributed by atoms with Crippen molar-refractivity contribution >= 4 is 33.6 Å². The van der Waals surface area contributed by atoms with Gasteiger partial charge in [0, 0.05) is 12.3 Å². The Morgan fingerprint density at radius 2 is 2.10 bits per heavy atom. The van der Waals surface area contributed by atoms with E-state index in [1.54, 1.807) is 24.3 Å². The van der Waals surface area contributed by atoms with Crippen molar-refractivity contribution in [1.29, 1.82) is 0 Å². The highest BCUT2D eigenvalue weighted by molar-refractivity contribution is 9.10. The molecule has 0 amide bonds. The lowest BCUT2D eigenvalue weighted by Crippen LogP contribution is -2.02. The first kappa shape index (κ1) is 22.2. The second-order valence-corrected chi connectivity index (χ2v) is 7.03. The summed E-state index contributed by atoms with van der Waals surface area (Å²) in [6.45, 7) is 2.41. The monoisotopic (exact) mass is 488 g/mol. The molecule has 0 aliphatic rings. The maximum atomic E-state index is 13.4. The third-order valence-electron chi connectivity index (χ3n) is 3.97. The lowest BCUT2D eigenvalue weighted by atomic mass is 10.2. The van der Waals surface area contributed by atoms with Gasteiger partial charge in [0.15, 0.2) is 11.5 Å². The topological polar surface area (TPSA) is 98.9 Å². The summed E-state index contributed by atoms with van der Waals surface area (Å²) in [7, 11) is 0. The number of hydrogen-bond acceptors (Lipinski definition) is 7. The number of anilines is 1. The fraction of sp³-hybridized carbons (Fsp3) is 0.143. The van der Waals surface area contributed by atoms with E-state index in [-0.39, 0.29) is 23.9 Å². The molecule has 0 atom stereocenters. The fourth-order valence-corrected chi connectivity index (χ4v) is 3.22. The molecule has 0 unspecified atom stereocenters. The van der Waals surface area contributed by atoms with Crippen molar-refractivity contribution in [3.63, 3.8) is 0 Å². The zero-order chi connectivity index (χ0) is 22.2. The Morgan fingerprint density at radius 1 is 1.26 bits per heavy atom. The molecule has 0 aliphatic heterocycles. The molecule has 0 radical (unpaired) electrons. The van der Waals surface area contributed by atoms with Crippen molar-refractivity contribution in [3.05, 3.63) is 86.3 Å². The summed E-state index contributed by atoms with van der Waals surface area (Å²) >= 11 is 3.46. The van der Waals surface area contributed by atoms with Gasteiger partial charge in [-0.15, -0.1) is 0 Å². The van der Waals surface area contributed by atoms with Crippen LogP contribution in [0.3, 0.4) is 0 Å². The highest BCUT2D eigenvalue weighted by Gasteiger charge is 2.14. The van der Waals surface area contributed by atoms with Crippen molar-refractivity contribution in [2.45, 2.75) is 13.5 Å². The standard InChI is InChI=1S/C21H18BrFN4O4/c1-2-30-19-11-15(12-25-26-21-18(27(28)29)7-4-8-24-21)10-17(22)20(19)31-13-14-5-3-6-16(23)9-14/h3-12H,2,13H2,1H3,(H,24,26)/b25-12-. The van der Waals surface area contributed by atoms with Gasteiger partial charge in [-0.25, -0.2) is 9.37 Å². The Bertz CT molecular complexity index is 1110. The number of nitrogens with zero attached hydrogens (tertiary/aromatic N) is 3. The number of rotatable bonds is 9. The van der Waals surface area contributed by atoms with Crippen LogP contribution < -0.4 is 14.9 Å². The summed E-state index contributed by atoms with van der Waals surface area (Å²) in [6.07, 6.45) is 2.90. The molecule has 0 fully saturated rings. The second kappa shape index (κ2) is 10.5. The van der Waals surface area contributed by atoms with E-state index in [2.05, 4.69) is 31.4 Å². The molecule has 2 aromatic carbocycles. The number of hydrazone groups is 1. The molecule has 0 spiro atoms. The largest absolute Gasteiger partial charge is 0.490 e. The number of pyridine rings is 1. The van der Waals surface area contributed by atoms with Gasteiger partial charge >= 0.3 is 5.69 Å². The Balaban J connectivity index is 1.78. The Morgan fingerprint density at radius 3 is 2.84 bits per heavy atom. The smallest absolute Gasteiger partial charge is 0.313 e. The van der Waals surface area contributed by atoms with E-state index in [1.807, 2.05) is 6.92 Å². The molecule has 1 aromatic heterocycles. The first-order chi connectivity index (χ1) is 15.0. The summed E-state index contributed by atoms with van der Waals surface area (Å²) in [5, 5.41) is 15.1. The fourth-order valence-electron chi connectivity index (χ4n) is 2.65. The van der Waals surface area contributed by atoms with E-state index in [1.165, 1.54) is 36.7 Å². The van der Waals surface area contributed by atoms with Crippen LogP contribution in [0.1, 0.15) is 18.1 Å². The molecule has 0 aliphatic carbocycles. The molecule has 0 saturated heterocycles. The van der Waals surface area contributed by atoms with E-state index in [0.717, 1.165) is 0 Å². The number of aromatic nitrogens is 1. The number of nitrogens with one attached hydrogen (secondary N) is 1. The van der Waals surface area contributed by atoms with Crippen LogP contribution >= 0.6 is 15.9 Å². The molecule has 31 heavy (non-hydrogen) atoms. The van der Waals surface area contributed by atoms with E-state index in [9.17, 15) is 14.5 Å². The number of benzene rings is 2. The van der Waals surface area contributed by atoms with Crippen molar-refractivity contribution in [2.24, 2.45) is 5.10 Å². The minimum absolute atomic E-state index is 0.0305. The SMILES string of the molecule is CCOc1cc(/C=N\Nc2ncccc2[N+](=O)[O-])cc(Br)c1OCc1cccc(F)c1. The van der Waals surface area contributed by atoms with Gasteiger partial charge in [0.1, 0.15) is 12.4 Å². The molecule has 0 saturated carbocycles. The summed E-state index contributed by atoms with van der Waals surface area (Å²) in [5.74, 6) is 0.635. The quantitative estimate of drug-likeness (QED) is 0.248. The number of ether oxygens (including phenoxy) is 2. The zero-order valence-corrected chi connectivity index (χ0v) is 18.0. The van der Waals surface area contributed by atoms with Crippen LogP contribution in [0, 0.1) is 15.9 Å². The Hall–Kier alpha value is -3.53. The van der Waals surface area contributed by atoms with Crippen LogP contribution in [0.2, 0.25) is 0 Å². The summed E-state index contributed by atoms with van der Waals surface area (Å²) in [4.78, 5) is 14.4. The van der Waals surface area contributed by atoms with Gasteiger partial charge in [-0.1, -0.05) is 12.1 Å².